The van der Waals surface area contributed by atoms with Crippen molar-refractivity contribution in [1.29, 1.82) is 0 Å². The molecule has 1 aliphatic rings. The lowest BCUT2D eigenvalue weighted by atomic mass is 9.94. The molecule has 0 aliphatic carbocycles. The van der Waals surface area contributed by atoms with Gasteiger partial charge in [0.15, 0.2) is 0 Å². The number of para-hydroxylation sites is 1. The van der Waals surface area contributed by atoms with Gasteiger partial charge in [0.1, 0.15) is 0 Å². The highest BCUT2D eigenvalue weighted by atomic mass is 15.2. The van der Waals surface area contributed by atoms with Gasteiger partial charge in [0.2, 0.25) is 0 Å². The Kier molecular flexibility index (Phi) is 4.26. The van der Waals surface area contributed by atoms with Gasteiger partial charge in [0.25, 0.3) is 0 Å². The van der Waals surface area contributed by atoms with E-state index in [1.165, 1.54) is 22.4 Å². The fourth-order valence-electron chi connectivity index (χ4n) is 3.29. The van der Waals surface area contributed by atoms with Crippen molar-refractivity contribution < 1.29 is 0 Å². The van der Waals surface area contributed by atoms with Crippen LogP contribution in [0.15, 0.2) is 48.5 Å². The van der Waals surface area contributed by atoms with E-state index in [0.717, 1.165) is 26.1 Å². The second kappa shape index (κ2) is 6.31. The Morgan fingerprint density at radius 1 is 1.10 bits per heavy atom. The molecule has 2 aromatic rings. The van der Waals surface area contributed by atoms with E-state index in [2.05, 4.69) is 72.6 Å². The zero-order valence-corrected chi connectivity index (χ0v) is 13.0. The summed E-state index contributed by atoms with van der Waals surface area (Å²) in [6, 6.07) is 17.9. The number of anilines is 1. The van der Waals surface area contributed by atoms with Crippen LogP contribution in [0.3, 0.4) is 0 Å². The Morgan fingerprint density at radius 3 is 2.67 bits per heavy atom. The van der Waals surface area contributed by atoms with Crippen LogP contribution in [0.5, 0.6) is 0 Å². The van der Waals surface area contributed by atoms with Gasteiger partial charge in [-0.2, -0.15) is 0 Å². The van der Waals surface area contributed by atoms with Gasteiger partial charge < -0.3 is 10.2 Å². The van der Waals surface area contributed by atoms with Crippen molar-refractivity contribution in [2.45, 2.75) is 26.3 Å². The molecule has 3 rings (SSSR count). The largest absolute Gasteiger partial charge is 0.370 e. The molecule has 0 aromatic heterocycles. The van der Waals surface area contributed by atoms with Crippen molar-refractivity contribution in [2.75, 3.05) is 24.5 Å². The zero-order chi connectivity index (χ0) is 14.7. The lowest BCUT2D eigenvalue weighted by molar-refractivity contribution is 0.498. The molecular formula is C19H24N2. The average Bonchev–Trinajstić information content (AvgIpc) is 2.53. The van der Waals surface area contributed by atoms with Crippen LogP contribution in [-0.2, 0) is 6.42 Å². The summed E-state index contributed by atoms with van der Waals surface area (Å²) in [6.45, 7) is 7.57. The van der Waals surface area contributed by atoms with Crippen LogP contribution >= 0.6 is 0 Å². The van der Waals surface area contributed by atoms with Gasteiger partial charge in [0, 0.05) is 18.8 Å². The summed E-state index contributed by atoms with van der Waals surface area (Å²) in [6.07, 6.45) is 1.14. The molecule has 1 unspecified atom stereocenters. The van der Waals surface area contributed by atoms with E-state index in [-0.39, 0.29) is 0 Å². The molecule has 0 radical (unpaired) electrons. The van der Waals surface area contributed by atoms with Gasteiger partial charge in [-0.05, 0) is 49.6 Å². The Bertz CT molecular complexity index is 606. The standard InChI is InChI=1S/C19H24N2/c1-3-21(19-11-7-4-8-15(19)2)14-18-17-10-6-5-9-16(17)12-13-20-18/h4-11,18,20H,3,12-14H2,1-2H3. The summed E-state index contributed by atoms with van der Waals surface area (Å²) in [5.74, 6) is 0. The number of rotatable bonds is 4. The SMILES string of the molecule is CCN(CC1NCCc2ccccc21)c1ccccc1C. The number of nitrogens with zero attached hydrogens (tertiary/aromatic N) is 1. The quantitative estimate of drug-likeness (QED) is 0.918. The first-order valence-corrected chi connectivity index (χ1v) is 7.91. The third-order valence-electron chi connectivity index (χ3n) is 4.46. The second-order valence-electron chi connectivity index (χ2n) is 5.78. The second-order valence-corrected chi connectivity index (χ2v) is 5.78. The first-order valence-electron chi connectivity index (χ1n) is 7.91. The number of fused-ring (bicyclic) bond motifs is 1. The highest BCUT2D eigenvalue weighted by molar-refractivity contribution is 5.53. The average molecular weight is 280 g/mol. The number of nitrogens with one attached hydrogen (secondary N) is 1. The Labute approximate surface area is 127 Å². The summed E-state index contributed by atoms with van der Waals surface area (Å²) in [5, 5.41) is 3.69. The Balaban J connectivity index is 1.84. The summed E-state index contributed by atoms with van der Waals surface area (Å²) < 4.78 is 0. The summed E-state index contributed by atoms with van der Waals surface area (Å²) in [5.41, 5.74) is 5.67. The van der Waals surface area contributed by atoms with Crippen LogP contribution in [-0.4, -0.2) is 19.6 Å². The maximum atomic E-state index is 3.69. The predicted molar refractivity (Wildman–Crippen MR) is 90.0 cm³/mol. The van der Waals surface area contributed by atoms with Crippen LogP contribution in [0.25, 0.3) is 0 Å². The van der Waals surface area contributed by atoms with Crippen molar-refractivity contribution in [1.82, 2.24) is 5.32 Å². The maximum Gasteiger partial charge on any atom is 0.0501 e. The molecule has 21 heavy (non-hydrogen) atoms. The van der Waals surface area contributed by atoms with E-state index in [4.69, 9.17) is 0 Å². The first kappa shape index (κ1) is 14.2. The number of aryl methyl sites for hydroxylation is 1. The van der Waals surface area contributed by atoms with Crippen LogP contribution in [0.2, 0.25) is 0 Å². The minimum atomic E-state index is 0.425. The Hall–Kier alpha value is -1.80. The molecule has 0 saturated carbocycles. The number of likely N-dealkylation sites (N-methyl/N-ethyl adjacent to an activating group) is 1. The minimum absolute atomic E-state index is 0.425. The van der Waals surface area contributed by atoms with Crippen molar-refractivity contribution in [3.63, 3.8) is 0 Å². The highest BCUT2D eigenvalue weighted by Gasteiger charge is 2.21. The summed E-state index contributed by atoms with van der Waals surface area (Å²) in [4.78, 5) is 2.48. The van der Waals surface area contributed by atoms with Gasteiger partial charge in [0.05, 0.1) is 6.04 Å². The van der Waals surface area contributed by atoms with Gasteiger partial charge in [-0.15, -0.1) is 0 Å². The fourth-order valence-corrected chi connectivity index (χ4v) is 3.29. The molecule has 1 atom stereocenters. The number of hydrogen-bond donors (Lipinski definition) is 1. The summed E-state index contributed by atoms with van der Waals surface area (Å²) in [7, 11) is 0. The first-order chi connectivity index (χ1) is 10.3. The van der Waals surface area contributed by atoms with Gasteiger partial charge in [-0.3, -0.25) is 0 Å². The van der Waals surface area contributed by atoms with E-state index in [9.17, 15) is 0 Å². The molecule has 2 heteroatoms. The topological polar surface area (TPSA) is 15.3 Å². The molecule has 0 bridgehead atoms. The molecule has 2 aromatic carbocycles. The Morgan fingerprint density at radius 2 is 1.86 bits per heavy atom. The monoisotopic (exact) mass is 280 g/mol. The van der Waals surface area contributed by atoms with Crippen molar-refractivity contribution in [2.24, 2.45) is 0 Å². The van der Waals surface area contributed by atoms with Crippen LogP contribution in [0.1, 0.15) is 29.7 Å². The molecule has 0 amide bonds. The smallest absolute Gasteiger partial charge is 0.0501 e. The predicted octanol–water partition coefficient (Wildman–Crippen LogP) is 3.71. The van der Waals surface area contributed by atoms with E-state index in [0.29, 0.717) is 6.04 Å². The van der Waals surface area contributed by atoms with Crippen molar-refractivity contribution >= 4 is 5.69 Å². The van der Waals surface area contributed by atoms with E-state index >= 15 is 0 Å². The molecular weight excluding hydrogens is 256 g/mol. The van der Waals surface area contributed by atoms with E-state index < -0.39 is 0 Å². The summed E-state index contributed by atoms with van der Waals surface area (Å²) >= 11 is 0. The lowest BCUT2D eigenvalue weighted by Gasteiger charge is -2.33. The molecule has 1 N–H and O–H groups in total. The van der Waals surface area contributed by atoms with Gasteiger partial charge in [-0.1, -0.05) is 42.5 Å². The van der Waals surface area contributed by atoms with Crippen molar-refractivity contribution in [3.05, 3.63) is 65.2 Å². The molecule has 110 valence electrons. The molecule has 2 nitrogen and oxygen atoms in total. The molecule has 0 saturated heterocycles. The van der Waals surface area contributed by atoms with E-state index in [1.807, 2.05) is 0 Å². The normalized spacial score (nSPS) is 17.3. The van der Waals surface area contributed by atoms with Gasteiger partial charge in [-0.25, -0.2) is 0 Å². The molecule has 1 heterocycles. The maximum absolute atomic E-state index is 3.69. The van der Waals surface area contributed by atoms with Crippen LogP contribution in [0, 0.1) is 6.92 Å². The molecule has 1 aliphatic heterocycles. The van der Waals surface area contributed by atoms with Crippen LogP contribution < -0.4 is 10.2 Å². The number of hydrogen-bond acceptors (Lipinski definition) is 2. The third-order valence-corrected chi connectivity index (χ3v) is 4.46. The fraction of sp³-hybridized carbons (Fsp3) is 0.368. The van der Waals surface area contributed by atoms with Crippen LogP contribution in [0.4, 0.5) is 5.69 Å². The number of benzene rings is 2. The third kappa shape index (κ3) is 2.96. The zero-order valence-electron chi connectivity index (χ0n) is 13.0. The molecule has 0 spiro atoms. The van der Waals surface area contributed by atoms with Crippen molar-refractivity contribution in [3.8, 4) is 0 Å². The van der Waals surface area contributed by atoms with E-state index in [1.54, 1.807) is 0 Å². The highest BCUT2D eigenvalue weighted by Crippen LogP contribution is 2.26. The lowest BCUT2D eigenvalue weighted by Crippen LogP contribution is -2.39. The molecule has 0 fully saturated rings. The minimum Gasteiger partial charge on any atom is -0.370 e. The van der Waals surface area contributed by atoms with Gasteiger partial charge >= 0.3 is 0 Å².